The summed E-state index contributed by atoms with van der Waals surface area (Å²) in [6.45, 7) is 2.11. The van der Waals surface area contributed by atoms with Gasteiger partial charge in [0.25, 0.3) is 10.0 Å². The first-order valence-corrected chi connectivity index (χ1v) is 11.6. The van der Waals surface area contributed by atoms with E-state index in [4.69, 9.17) is 9.47 Å². The van der Waals surface area contributed by atoms with E-state index < -0.39 is 28.0 Å². The molecule has 1 aliphatic rings. The van der Waals surface area contributed by atoms with Crippen LogP contribution in [0.25, 0.3) is 17.0 Å². The van der Waals surface area contributed by atoms with Crippen molar-refractivity contribution < 1.29 is 27.5 Å². The van der Waals surface area contributed by atoms with Gasteiger partial charge in [0, 0.05) is 23.6 Å². The summed E-state index contributed by atoms with van der Waals surface area (Å²) in [5.74, 6) is -1.91. The average molecular weight is 454 g/mol. The van der Waals surface area contributed by atoms with E-state index in [0.717, 1.165) is 10.9 Å². The summed E-state index contributed by atoms with van der Waals surface area (Å²) in [5, 5.41) is 0.719. The molecule has 0 aliphatic carbocycles. The van der Waals surface area contributed by atoms with E-state index in [2.05, 4.69) is 0 Å². The van der Waals surface area contributed by atoms with Crippen molar-refractivity contribution >= 4 is 38.8 Å². The van der Waals surface area contributed by atoms with Crippen LogP contribution in [0.5, 0.6) is 0 Å². The molecule has 2 aromatic carbocycles. The number of carbonyl (C=O) groups excluding carboxylic acids is 2. The van der Waals surface area contributed by atoms with Crippen molar-refractivity contribution in [3.8, 4) is 0 Å². The van der Waals surface area contributed by atoms with Gasteiger partial charge in [-0.1, -0.05) is 48.0 Å². The molecule has 1 aliphatic heterocycles. The predicted octanol–water partition coefficient (Wildman–Crippen LogP) is 3.35. The van der Waals surface area contributed by atoms with Gasteiger partial charge < -0.3 is 9.47 Å². The van der Waals surface area contributed by atoms with Crippen LogP contribution in [-0.4, -0.2) is 44.0 Å². The molecule has 1 aromatic heterocycles. The average Bonchev–Trinajstić information content (AvgIpc) is 3.17. The third kappa shape index (κ3) is 3.99. The number of hydrogen-bond donors (Lipinski definition) is 0. The highest BCUT2D eigenvalue weighted by atomic mass is 32.2. The van der Waals surface area contributed by atoms with E-state index >= 15 is 0 Å². The van der Waals surface area contributed by atoms with Gasteiger partial charge >= 0.3 is 5.97 Å². The van der Waals surface area contributed by atoms with Crippen LogP contribution in [0.2, 0.25) is 0 Å². The quantitative estimate of drug-likeness (QED) is 0.435. The largest absolute Gasteiger partial charge is 0.468 e. The molecule has 1 saturated heterocycles. The molecule has 0 bridgehead atoms. The zero-order chi connectivity index (χ0) is 22.9. The molecule has 2 atom stereocenters. The van der Waals surface area contributed by atoms with Crippen molar-refractivity contribution in [2.75, 3.05) is 13.7 Å². The molecule has 0 spiro atoms. The second-order valence-electron chi connectivity index (χ2n) is 7.63. The van der Waals surface area contributed by atoms with Crippen LogP contribution < -0.4 is 0 Å². The number of ketones is 1. The van der Waals surface area contributed by atoms with E-state index in [1.807, 2.05) is 19.1 Å². The van der Waals surface area contributed by atoms with E-state index in [1.54, 1.807) is 48.6 Å². The number of esters is 1. The number of benzene rings is 2. The topological polar surface area (TPSA) is 91.7 Å². The van der Waals surface area contributed by atoms with Crippen LogP contribution in [0.4, 0.5) is 0 Å². The minimum atomic E-state index is -3.82. The SMILES string of the molecule is COC(=O)[C@H]1C(=O)CCO[C@@H]1/C=C/c1cn(S(=O)(=O)c2ccc(C)cc2)c2ccccc12. The lowest BCUT2D eigenvalue weighted by Gasteiger charge is -2.26. The van der Waals surface area contributed by atoms with Crippen molar-refractivity contribution in [3.05, 3.63) is 71.9 Å². The maximum Gasteiger partial charge on any atom is 0.319 e. The van der Waals surface area contributed by atoms with Crippen molar-refractivity contribution in [1.29, 1.82) is 0 Å². The van der Waals surface area contributed by atoms with Crippen LogP contribution in [0.3, 0.4) is 0 Å². The van der Waals surface area contributed by atoms with Crippen LogP contribution in [0.1, 0.15) is 17.5 Å². The van der Waals surface area contributed by atoms with E-state index in [-0.39, 0.29) is 23.7 Å². The highest BCUT2D eigenvalue weighted by Crippen LogP contribution is 2.28. The molecule has 0 saturated carbocycles. The number of fused-ring (bicyclic) bond motifs is 1. The van der Waals surface area contributed by atoms with Crippen LogP contribution >= 0.6 is 0 Å². The van der Waals surface area contributed by atoms with Gasteiger partial charge in [-0.15, -0.1) is 0 Å². The number of carbonyl (C=O) groups is 2. The Bertz CT molecular complexity index is 1300. The van der Waals surface area contributed by atoms with E-state index in [1.165, 1.54) is 17.3 Å². The molecule has 0 N–H and O–H groups in total. The molecule has 0 amide bonds. The number of ether oxygens (including phenoxy) is 2. The van der Waals surface area contributed by atoms with Crippen molar-refractivity contribution in [1.82, 2.24) is 3.97 Å². The Labute approximate surface area is 186 Å². The highest BCUT2D eigenvalue weighted by Gasteiger charge is 2.38. The molecule has 166 valence electrons. The molecular formula is C24H23NO6S. The second-order valence-corrected chi connectivity index (χ2v) is 9.44. The van der Waals surface area contributed by atoms with Gasteiger partial charge in [-0.2, -0.15) is 0 Å². The van der Waals surface area contributed by atoms with Gasteiger partial charge in [0.05, 0.1) is 30.2 Å². The van der Waals surface area contributed by atoms with Crippen LogP contribution in [0.15, 0.2) is 65.7 Å². The highest BCUT2D eigenvalue weighted by molar-refractivity contribution is 7.90. The lowest BCUT2D eigenvalue weighted by Crippen LogP contribution is -2.41. The Kier molecular flexibility index (Phi) is 5.99. The molecule has 1 fully saturated rings. The van der Waals surface area contributed by atoms with E-state index in [9.17, 15) is 18.0 Å². The fourth-order valence-corrected chi connectivity index (χ4v) is 5.20. The summed E-state index contributed by atoms with van der Waals surface area (Å²) in [7, 11) is -2.59. The van der Waals surface area contributed by atoms with Crippen molar-refractivity contribution in [2.24, 2.45) is 5.92 Å². The zero-order valence-electron chi connectivity index (χ0n) is 17.7. The summed E-state index contributed by atoms with van der Waals surface area (Å²) in [6.07, 6.45) is 4.21. The van der Waals surface area contributed by atoms with Gasteiger partial charge in [0.15, 0.2) is 5.78 Å². The third-order valence-corrected chi connectivity index (χ3v) is 7.23. The van der Waals surface area contributed by atoms with Crippen LogP contribution in [-0.2, 0) is 29.1 Å². The monoisotopic (exact) mass is 453 g/mol. The smallest absolute Gasteiger partial charge is 0.319 e. The number of methoxy groups -OCH3 is 1. The number of aromatic nitrogens is 1. The molecular weight excluding hydrogens is 430 g/mol. The number of hydrogen-bond acceptors (Lipinski definition) is 6. The molecule has 2 heterocycles. The Morgan fingerprint density at radius 3 is 2.59 bits per heavy atom. The van der Waals surface area contributed by atoms with Gasteiger partial charge in [-0.05, 0) is 25.1 Å². The Hall–Kier alpha value is -3.23. The summed E-state index contributed by atoms with van der Waals surface area (Å²) in [5.41, 5.74) is 2.12. The first-order valence-electron chi connectivity index (χ1n) is 10.2. The molecule has 0 radical (unpaired) electrons. The Morgan fingerprint density at radius 2 is 1.88 bits per heavy atom. The predicted molar refractivity (Wildman–Crippen MR) is 120 cm³/mol. The van der Waals surface area contributed by atoms with Gasteiger partial charge in [0.1, 0.15) is 5.92 Å². The fourth-order valence-electron chi connectivity index (χ4n) is 3.82. The first kappa shape index (κ1) is 22.0. The van der Waals surface area contributed by atoms with E-state index in [0.29, 0.717) is 11.1 Å². The number of Topliss-reactive ketones (excluding diaryl/α,β-unsaturated/α-hetero) is 1. The number of aryl methyl sites for hydroxylation is 1. The third-order valence-electron chi connectivity index (χ3n) is 5.54. The fraction of sp³-hybridized carbons (Fsp3) is 0.250. The summed E-state index contributed by atoms with van der Waals surface area (Å²) < 4.78 is 38.3. The number of rotatable bonds is 5. The van der Waals surface area contributed by atoms with Gasteiger partial charge in [-0.25, -0.2) is 12.4 Å². The van der Waals surface area contributed by atoms with Gasteiger partial charge in [0.2, 0.25) is 0 Å². The minimum absolute atomic E-state index is 0.151. The zero-order valence-corrected chi connectivity index (χ0v) is 18.5. The molecule has 3 aromatic rings. The Morgan fingerprint density at radius 1 is 1.16 bits per heavy atom. The second kappa shape index (κ2) is 8.72. The molecule has 32 heavy (non-hydrogen) atoms. The minimum Gasteiger partial charge on any atom is -0.468 e. The molecule has 0 unspecified atom stereocenters. The summed E-state index contributed by atoms with van der Waals surface area (Å²) in [4.78, 5) is 24.5. The molecule has 8 heteroatoms. The van der Waals surface area contributed by atoms with Gasteiger partial charge in [-0.3, -0.25) is 9.59 Å². The van der Waals surface area contributed by atoms with Crippen LogP contribution in [0, 0.1) is 12.8 Å². The maximum absolute atomic E-state index is 13.3. The Balaban J connectivity index is 1.76. The molecule has 4 rings (SSSR count). The van der Waals surface area contributed by atoms with Crippen molar-refractivity contribution in [3.63, 3.8) is 0 Å². The number of para-hydroxylation sites is 1. The lowest BCUT2D eigenvalue weighted by atomic mass is 9.92. The maximum atomic E-state index is 13.3. The summed E-state index contributed by atoms with van der Waals surface area (Å²) >= 11 is 0. The molecule has 7 nitrogen and oxygen atoms in total. The first-order chi connectivity index (χ1) is 15.3. The summed E-state index contributed by atoms with van der Waals surface area (Å²) in [6, 6.07) is 13.8. The normalized spacial score (nSPS) is 19.5. The number of nitrogens with zero attached hydrogens (tertiary/aromatic N) is 1. The standard InChI is InChI=1S/C24H23NO6S/c1-16-7-10-18(11-8-16)32(28,29)25-15-17(19-5-3-4-6-20(19)25)9-12-22-23(24(27)30-2)21(26)13-14-31-22/h3-12,15,22-23H,13-14H2,1-2H3/b12-9+/t22-,23+/m1/s1. The van der Waals surface area contributed by atoms with Crippen molar-refractivity contribution in [2.45, 2.75) is 24.3 Å². The lowest BCUT2D eigenvalue weighted by molar-refractivity contribution is -0.158.